The highest BCUT2D eigenvalue weighted by molar-refractivity contribution is 5.55. The zero-order valence-corrected chi connectivity index (χ0v) is 13.1. The molecular weight excluding hydrogens is 250 g/mol. The van der Waals surface area contributed by atoms with Gasteiger partial charge in [0.25, 0.3) is 0 Å². The molecule has 1 aliphatic rings. The number of rotatable bonds is 5. The normalized spacial score (nSPS) is 26.1. The van der Waals surface area contributed by atoms with Crippen LogP contribution >= 0.6 is 0 Å². The van der Waals surface area contributed by atoms with E-state index in [1.54, 1.807) is 7.11 Å². The van der Waals surface area contributed by atoms with Gasteiger partial charge in [-0.1, -0.05) is 13.8 Å². The lowest BCUT2D eigenvalue weighted by atomic mass is 9.80. The first-order chi connectivity index (χ1) is 9.62. The van der Waals surface area contributed by atoms with Gasteiger partial charge in [0.2, 0.25) is 0 Å². The molecule has 112 valence electrons. The van der Waals surface area contributed by atoms with Crippen LogP contribution in [-0.2, 0) is 0 Å². The van der Waals surface area contributed by atoms with Crippen molar-refractivity contribution in [3.05, 3.63) is 18.2 Å². The minimum Gasteiger partial charge on any atom is -0.493 e. The fourth-order valence-electron chi connectivity index (χ4n) is 3.33. The molecule has 3 heteroatoms. The van der Waals surface area contributed by atoms with Crippen molar-refractivity contribution >= 4 is 5.69 Å². The highest BCUT2D eigenvalue weighted by atomic mass is 16.5. The van der Waals surface area contributed by atoms with Gasteiger partial charge in [-0.3, -0.25) is 0 Å². The molecule has 0 heterocycles. The molecule has 3 nitrogen and oxygen atoms in total. The molecule has 0 amide bonds. The average Bonchev–Trinajstić information content (AvgIpc) is 2.39. The van der Waals surface area contributed by atoms with Crippen LogP contribution in [0, 0.1) is 11.8 Å². The van der Waals surface area contributed by atoms with Crippen LogP contribution in [0.3, 0.4) is 0 Å². The number of hydrogen-bond donors (Lipinski definition) is 1. The third kappa shape index (κ3) is 3.81. The molecule has 0 aliphatic heterocycles. The lowest BCUT2D eigenvalue weighted by molar-refractivity contribution is 0.280. The number of benzene rings is 1. The molecule has 2 atom stereocenters. The van der Waals surface area contributed by atoms with Crippen molar-refractivity contribution in [1.82, 2.24) is 0 Å². The Labute approximate surface area is 122 Å². The molecular formula is C17H27NO2. The summed E-state index contributed by atoms with van der Waals surface area (Å²) in [5.41, 5.74) is 1.12. The maximum absolute atomic E-state index is 5.55. The average molecular weight is 277 g/mol. The Morgan fingerprint density at radius 1 is 1.10 bits per heavy atom. The van der Waals surface area contributed by atoms with Crippen LogP contribution in [-0.4, -0.2) is 19.8 Å². The predicted molar refractivity (Wildman–Crippen MR) is 83.8 cm³/mol. The summed E-state index contributed by atoms with van der Waals surface area (Å²) in [5, 5.41) is 3.65. The van der Waals surface area contributed by atoms with E-state index in [0.717, 1.165) is 29.0 Å². The maximum Gasteiger partial charge on any atom is 0.162 e. The van der Waals surface area contributed by atoms with E-state index in [0.29, 0.717) is 12.6 Å². The Morgan fingerprint density at radius 3 is 2.40 bits per heavy atom. The molecule has 0 saturated heterocycles. The third-order valence-corrected chi connectivity index (χ3v) is 4.01. The Bertz CT molecular complexity index is 423. The van der Waals surface area contributed by atoms with Crippen molar-refractivity contribution < 1.29 is 9.47 Å². The van der Waals surface area contributed by atoms with Gasteiger partial charge in [-0.05, 0) is 50.2 Å². The first-order valence-electron chi connectivity index (χ1n) is 7.69. The van der Waals surface area contributed by atoms with Crippen LogP contribution < -0.4 is 14.8 Å². The second-order valence-electron chi connectivity index (χ2n) is 6.06. The van der Waals surface area contributed by atoms with Crippen LogP contribution in [0.25, 0.3) is 0 Å². The van der Waals surface area contributed by atoms with Crippen LogP contribution in [0.15, 0.2) is 18.2 Å². The number of anilines is 1. The maximum atomic E-state index is 5.55. The molecule has 1 aromatic rings. The topological polar surface area (TPSA) is 30.5 Å². The van der Waals surface area contributed by atoms with Gasteiger partial charge >= 0.3 is 0 Å². The highest BCUT2D eigenvalue weighted by Crippen LogP contribution is 2.33. The molecule has 1 aliphatic carbocycles. The molecule has 20 heavy (non-hydrogen) atoms. The van der Waals surface area contributed by atoms with Gasteiger partial charge in [-0.2, -0.15) is 0 Å². The van der Waals surface area contributed by atoms with E-state index in [1.807, 2.05) is 19.1 Å². The van der Waals surface area contributed by atoms with Crippen molar-refractivity contribution in [3.8, 4) is 11.5 Å². The van der Waals surface area contributed by atoms with Crippen molar-refractivity contribution in [2.75, 3.05) is 19.0 Å². The van der Waals surface area contributed by atoms with E-state index in [9.17, 15) is 0 Å². The van der Waals surface area contributed by atoms with Gasteiger partial charge in [0.05, 0.1) is 13.7 Å². The molecule has 0 spiro atoms. The Morgan fingerprint density at radius 2 is 1.80 bits per heavy atom. The smallest absolute Gasteiger partial charge is 0.162 e. The Balaban J connectivity index is 2.05. The lowest BCUT2D eigenvalue weighted by Gasteiger charge is -2.32. The van der Waals surface area contributed by atoms with E-state index in [2.05, 4.69) is 25.2 Å². The summed E-state index contributed by atoms with van der Waals surface area (Å²) >= 11 is 0. The summed E-state index contributed by atoms with van der Waals surface area (Å²) in [6.07, 6.45) is 3.85. The number of methoxy groups -OCH3 is 1. The van der Waals surface area contributed by atoms with Crippen molar-refractivity contribution in [2.45, 2.75) is 46.1 Å². The molecule has 0 aromatic heterocycles. The largest absolute Gasteiger partial charge is 0.493 e. The van der Waals surface area contributed by atoms with E-state index in [1.165, 1.54) is 19.3 Å². The zero-order chi connectivity index (χ0) is 14.5. The Kier molecular flexibility index (Phi) is 5.16. The highest BCUT2D eigenvalue weighted by Gasteiger charge is 2.23. The van der Waals surface area contributed by atoms with Crippen LogP contribution in [0.5, 0.6) is 11.5 Å². The Hall–Kier alpha value is -1.38. The van der Waals surface area contributed by atoms with Crippen LogP contribution in [0.4, 0.5) is 5.69 Å². The summed E-state index contributed by atoms with van der Waals surface area (Å²) in [6, 6.07) is 6.67. The molecule has 2 rings (SSSR count). The van der Waals surface area contributed by atoms with Gasteiger partial charge in [0, 0.05) is 17.8 Å². The molecule has 1 N–H and O–H groups in total. The number of hydrogen-bond acceptors (Lipinski definition) is 3. The summed E-state index contributed by atoms with van der Waals surface area (Å²) in [7, 11) is 1.69. The quantitative estimate of drug-likeness (QED) is 0.869. The summed E-state index contributed by atoms with van der Waals surface area (Å²) in [5.74, 6) is 3.22. The minimum atomic E-state index is 0.566. The van der Waals surface area contributed by atoms with Gasteiger partial charge < -0.3 is 14.8 Å². The number of nitrogens with one attached hydrogen (secondary N) is 1. The predicted octanol–water partition coefficient (Wildman–Crippen LogP) is 4.33. The summed E-state index contributed by atoms with van der Waals surface area (Å²) in [6.45, 7) is 7.34. The fourth-order valence-corrected chi connectivity index (χ4v) is 3.33. The SMILES string of the molecule is CCOc1ccc(NC2CC(C)CC(C)C2)cc1OC. The fraction of sp³-hybridized carbons (Fsp3) is 0.647. The molecule has 0 bridgehead atoms. The van der Waals surface area contributed by atoms with Crippen LogP contribution in [0.2, 0.25) is 0 Å². The second-order valence-corrected chi connectivity index (χ2v) is 6.06. The van der Waals surface area contributed by atoms with E-state index in [4.69, 9.17) is 9.47 Å². The van der Waals surface area contributed by atoms with Gasteiger partial charge in [0.1, 0.15) is 0 Å². The minimum absolute atomic E-state index is 0.566. The number of ether oxygens (including phenoxy) is 2. The van der Waals surface area contributed by atoms with Crippen molar-refractivity contribution in [2.24, 2.45) is 11.8 Å². The molecule has 1 saturated carbocycles. The summed E-state index contributed by atoms with van der Waals surface area (Å²) < 4.78 is 11.0. The standard InChI is InChI=1S/C17H27NO2/c1-5-20-16-7-6-14(11-17(16)19-4)18-15-9-12(2)8-13(3)10-15/h6-7,11-13,15,18H,5,8-10H2,1-4H3. The van der Waals surface area contributed by atoms with E-state index in [-0.39, 0.29) is 0 Å². The first-order valence-corrected chi connectivity index (χ1v) is 7.69. The van der Waals surface area contributed by atoms with Gasteiger partial charge in [-0.25, -0.2) is 0 Å². The first kappa shape index (κ1) is 15.0. The van der Waals surface area contributed by atoms with Crippen molar-refractivity contribution in [3.63, 3.8) is 0 Å². The van der Waals surface area contributed by atoms with Crippen LogP contribution in [0.1, 0.15) is 40.0 Å². The molecule has 2 unspecified atom stereocenters. The summed E-state index contributed by atoms with van der Waals surface area (Å²) in [4.78, 5) is 0. The second kappa shape index (κ2) is 6.87. The van der Waals surface area contributed by atoms with Gasteiger partial charge in [0.15, 0.2) is 11.5 Å². The third-order valence-electron chi connectivity index (χ3n) is 4.01. The lowest BCUT2D eigenvalue weighted by Crippen LogP contribution is -2.30. The zero-order valence-electron chi connectivity index (χ0n) is 13.1. The molecule has 1 aromatic carbocycles. The van der Waals surface area contributed by atoms with Gasteiger partial charge in [-0.15, -0.1) is 0 Å². The molecule has 0 radical (unpaired) electrons. The van der Waals surface area contributed by atoms with Crippen molar-refractivity contribution in [1.29, 1.82) is 0 Å². The molecule has 1 fully saturated rings. The monoisotopic (exact) mass is 277 g/mol. The van der Waals surface area contributed by atoms with E-state index < -0.39 is 0 Å². The van der Waals surface area contributed by atoms with E-state index >= 15 is 0 Å².